The van der Waals surface area contributed by atoms with E-state index in [0.29, 0.717) is 36.1 Å². The molecule has 0 spiro atoms. The SMILES string of the molecule is Cc1ccccc1NC(=O)C(C#N)=Cc1ccccc1OCCOc1ccc(C2CCCCC2)cc1. The fourth-order valence-electron chi connectivity index (χ4n) is 4.52. The fraction of sp³-hybridized carbons (Fsp3) is 0.290. The van der Waals surface area contributed by atoms with Gasteiger partial charge in [0.15, 0.2) is 0 Å². The summed E-state index contributed by atoms with van der Waals surface area (Å²) in [5.74, 6) is 1.63. The largest absolute Gasteiger partial charge is 0.490 e. The number of hydrogen-bond acceptors (Lipinski definition) is 4. The summed E-state index contributed by atoms with van der Waals surface area (Å²) in [7, 11) is 0. The second-order valence-corrected chi connectivity index (χ2v) is 9.08. The van der Waals surface area contributed by atoms with E-state index in [2.05, 4.69) is 17.4 Å². The molecule has 0 radical (unpaired) electrons. The second-order valence-electron chi connectivity index (χ2n) is 9.08. The third-order valence-corrected chi connectivity index (χ3v) is 6.54. The minimum Gasteiger partial charge on any atom is -0.490 e. The summed E-state index contributed by atoms with van der Waals surface area (Å²) in [6.07, 6.45) is 8.11. The molecule has 5 nitrogen and oxygen atoms in total. The molecule has 1 amide bonds. The molecule has 1 N–H and O–H groups in total. The number of benzene rings is 3. The van der Waals surface area contributed by atoms with Crippen LogP contribution in [-0.4, -0.2) is 19.1 Å². The number of amides is 1. The van der Waals surface area contributed by atoms with E-state index in [-0.39, 0.29) is 5.57 Å². The van der Waals surface area contributed by atoms with Gasteiger partial charge in [0.1, 0.15) is 36.4 Å². The number of nitrogens with one attached hydrogen (secondary N) is 1. The van der Waals surface area contributed by atoms with E-state index >= 15 is 0 Å². The van der Waals surface area contributed by atoms with E-state index < -0.39 is 5.91 Å². The molecule has 4 rings (SSSR count). The van der Waals surface area contributed by atoms with Crippen molar-refractivity contribution < 1.29 is 14.3 Å². The van der Waals surface area contributed by atoms with Crippen molar-refractivity contribution in [2.75, 3.05) is 18.5 Å². The van der Waals surface area contributed by atoms with Gasteiger partial charge in [0.05, 0.1) is 0 Å². The number of para-hydroxylation sites is 2. The molecule has 0 saturated heterocycles. The van der Waals surface area contributed by atoms with Gasteiger partial charge in [-0.3, -0.25) is 4.79 Å². The van der Waals surface area contributed by atoms with Gasteiger partial charge in [-0.1, -0.05) is 67.8 Å². The van der Waals surface area contributed by atoms with Crippen LogP contribution < -0.4 is 14.8 Å². The van der Waals surface area contributed by atoms with Gasteiger partial charge in [-0.2, -0.15) is 5.26 Å². The highest BCUT2D eigenvalue weighted by atomic mass is 16.5. The minimum absolute atomic E-state index is 0.00334. The Morgan fingerprint density at radius 2 is 1.64 bits per heavy atom. The maximum absolute atomic E-state index is 12.7. The van der Waals surface area contributed by atoms with E-state index in [4.69, 9.17) is 9.47 Å². The van der Waals surface area contributed by atoms with E-state index in [1.54, 1.807) is 6.08 Å². The first-order valence-electron chi connectivity index (χ1n) is 12.6. The molecule has 184 valence electrons. The lowest BCUT2D eigenvalue weighted by atomic mass is 9.84. The molecule has 0 aliphatic heterocycles. The number of anilines is 1. The molecule has 3 aromatic carbocycles. The number of carbonyl (C=O) groups is 1. The minimum atomic E-state index is -0.457. The summed E-state index contributed by atoms with van der Waals surface area (Å²) in [6, 6.07) is 25.2. The first-order valence-corrected chi connectivity index (χ1v) is 12.6. The topological polar surface area (TPSA) is 71.4 Å². The van der Waals surface area contributed by atoms with Crippen molar-refractivity contribution >= 4 is 17.7 Å². The Hall–Kier alpha value is -4.04. The predicted octanol–water partition coefficient (Wildman–Crippen LogP) is 7.05. The molecule has 36 heavy (non-hydrogen) atoms. The van der Waals surface area contributed by atoms with Crippen LogP contribution in [0.4, 0.5) is 5.69 Å². The molecule has 0 aromatic heterocycles. The molecule has 3 aromatic rings. The van der Waals surface area contributed by atoms with Crippen molar-refractivity contribution in [1.82, 2.24) is 0 Å². The normalized spacial score (nSPS) is 14.1. The van der Waals surface area contributed by atoms with Crippen LogP contribution in [-0.2, 0) is 4.79 Å². The Labute approximate surface area is 213 Å². The number of ether oxygens (including phenoxy) is 2. The molecule has 0 heterocycles. The fourth-order valence-corrected chi connectivity index (χ4v) is 4.52. The summed E-state index contributed by atoms with van der Waals surface area (Å²) in [4.78, 5) is 12.7. The van der Waals surface area contributed by atoms with Crippen LogP contribution in [0, 0.1) is 18.3 Å². The van der Waals surface area contributed by atoms with Crippen LogP contribution in [0.2, 0.25) is 0 Å². The number of aryl methyl sites for hydroxylation is 1. The summed E-state index contributed by atoms with van der Waals surface area (Å²) in [5.41, 5.74) is 3.67. The monoisotopic (exact) mass is 480 g/mol. The summed E-state index contributed by atoms with van der Waals surface area (Å²) >= 11 is 0. The molecule has 0 bridgehead atoms. The van der Waals surface area contributed by atoms with Crippen LogP contribution >= 0.6 is 0 Å². The zero-order chi connectivity index (χ0) is 25.2. The molecule has 1 fully saturated rings. The number of carbonyl (C=O) groups excluding carboxylic acids is 1. The molecule has 0 atom stereocenters. The van der Waals surface area contributed by atoms with Crippen LogP contribution in [0.1, 0.15) is 54.7 Å². The van der Waals surface area contributed by atoms with E-state index in [1.807, 2.05) is 73.7 Å². The molecule has 0 unspecified atom stereocenters. The molecule has 5 heteroatoms. The van der Waals surface area contributed by atoms with Gasteiger partial charge in [0, 0.05) is 11.3 Å². The molecular formula is C31H32N2O3. The lowest BCUT2D eigenvalue weighted by molar-refractivity contribution is -0.112. The van der Waals surface area contributed by atoms with Crippen molar-refractivity contribution in [2.24, 2.45) is 0 Å². The molecule has 1 saturated carbocycles. The lowest BCUT2D eigenvalue weighted by Crippen LogP contribution is -2.14. The van der Waals surface area contributed by atoms with Gasteiger partial charge >= 0.3 is 0 Å². The highest BCUT2D eigenvalue weighted by Crippen LogP contribution is 2.33. The standard InChI is InChI=1S/C31H32N2O3/c1-23-9-5-7-13-29(23)33-31(34)27(22-32)21-26-12-6-8-14-30(26)36-20-19-35-28-17-15-25(16-18-28)24-10-3-2-4-11-24/h5-9,12-18,21,24H,2-4,10-11,19-20H2,1H3,(H,33,34). The highest BCUT2D eigenvalue weighted by Gasteiger charge is 2.15. The summed E-state index contributed by atoms with van der Waals surface area (Å²) in [6.45, 7) is 2.63. The van der Waals surface area contributed by atoms with E-state index in [0.717, 1.165) is 11.3 Å². The van der Waals surface area contributed by atoms with Crippen molar-refractivity contribution in [3.63, 3.8) is 0 Å². The lowest BCUT2D eigenvalue weighted by Gasteiger charge is -2.22. The molecule has 1 aliphatic carbocycles. The Balaban J connectivity index is 1.33. The second kappa shape index (κ2) is 12.6. The average Bonchev–Trinajstić information content (AvgIpc) is 2.92. The van der Waals surface area contributed by atoms with Crippen LogP contribution in [0.25, 0.3) is 6.08 Å². The Morgan fingerprint density at radius 1 is 0.944 bits per heavy atom. The van der Waals surface area contributed by atoms with Gasteiger partial charge in [0.2, 0.25) is 0 Å². The number of nitrogens with zero attached hydrogens (tertiary/aromatic N) is 1. The Kier molecular flexibility index (Phi) is 8.77. The Bertz CT molecular complexity index is 1240. The van der Waals surface area contributed by atoms with Gasteiger partial charge < -0.3 is 14.8 Å². The quantitative estimate of drug-likeness (QED) is 0.202. The van der Waals surface area contributed by atoms with Gasteiger partial charge in [0.25, 0.3) is 5.91 Å². The summed E-state index contributed by atoms with van der Waals surface area (Å²) < 4.78 is 11.8. The Morgan fingerprint density at radius 3 is 2.39 bits per heavy atom. The smallest absolute Gasteiger partial charge is 0.266 e. The first-order chi connectivity index (χ1) is 17.6. The zero-order valence-electron chi connectivity index (χ0n) is 20.7. The highest BCUT2D eigenvalue weighted by molar-refractivity contribution is 6.10. The summed E-state index contributed by atoms with van der Waals surface area (Å²) in [5, 5.41) is 12.4. The number of nitriles is 1. The third kappa shape index (κ3) is 6.76. The van der Waals surface area contributed by atoms with Gasteiger partial charge in [-0.05, 0) is 67.2 Å². The van der Waals surface area contributed by atoms with Crippen molar-refractivity contribution in [3.05, 3.63) is 95.1 Å². The third-order valence-electron chi connectivity index (χ3n) is 6.54. The van der Waals surface area contributed by atoms with E-state index in [1.165, 1.54) is 37.7 Å². The molecular weight excluding hydrogens is 448 g/mol. The van der Waals surface area contributed by atoms with Gasteiger partial charge in [-0.25, -0.2) is 0 Å². The first kappa shape index (κ1) is 25.1. The van der Waals surface area contributed by atoms with Crippen molar-refractivity contribution in [3.8, 4) is 17.6 Å². The predicted molar refractivity (Wildman–Crippen MR) is 143 cm³/mol. The average molecular weight is 481 g/mol. The van der Waals surface area contributed by atoms with Crippen molar-refractivity contribution in [2.45, 2.75) is 44.9 Å². The van der Waals surface area contributed by atoms with Crippen molar-refractivity contribution in [1.29, 1.82) is 5.26 Å². The van der Waals surface area contributed by atoms with Crippen LogP contribution in [0.5, 0.6) is 11.5 Å². The maximum Gasteiger partial charge on any atom is 0.266 e. The number of rotatable bonds is 9. The van der Waals surface area contributed by atoms with Crippen LogP contribution in [0.3, 0.4) is 0 Å². The van der Waals surface area contributed by atoms with Crippen LogP contribution in [0.15, 0.2) is 78.4 Å². The molecule has 1 aliphatic rings. The van der Waals surface area contributed by atoms with Gasteiger partial charge in [-0.15, -0.1) is 0 Å². The zero-order valence-corrected chi connectivity index (χ0v) is 20.7. The maximum atomic E-state index is 12.7. The number of hydrogen-bond donors (Lipinski definition) is 1. The van der Waals surface area contributed by atoms with E-state index in [9.17, 15) is 10.1 Å².